The number of rotatable bonds is 2. The van der Waals surface area contributed by atoms with E-state index in [1.54, 1.807) is 12.1 Å². The van der Waals surface area contributed by atoms with Gasteiger partial charge in [0.25, 0.3) is 0 Å². The zero-order chi connectivity index (χ0) is 11.7. The first kappa shape index (κ1) is 11.1. The van der Waals surface area contributed by atoms with Crippen molar-refractivity contribution in [3.8, 4) is 0 Å². The van der Waals surface area contributed by atoms with Crippen LogP contribution in [-0.2, 0) is 9.59 Å². The highest BCUT2D eigenvalue weighted by atomic mass is 32.2. The Morgan fingerprint density at radius 3 is 2.88 bits per heavy atom. The van der Waals surface area contributed by atoms with E-state index in [9.17, 15) is 9.59 Å². The van der Waals surface area contributed by atoms with Crippen LogP contribution in [0.25, 0.3) is 0 Å². The van der Waals surface area contributed by atoms with Crippen molar-refractivity contribution in [2.24, 2.45) is 0 Å². The van der Waals surface area contributed by atoms with Crippen molar-refractivity contribution in [1.29, 1.82) is 0 Å². The van der Waals surface area contributed by atoms with Gasteiger partial charge in [-0.2, -0.15) is 0 Å². The van der Waals surface area contributed by atoms with Crippen molar-refractivity contribution in [3.63, 3.8) is 0 Å². The molecule has 1 aliphatic rings. The second-order valence-corrected chi connectivity index (χ2v) is 4.59. The predicted octanol–water partition coefficient (Wildman–Crippen LogP) is 1.33. The molecule has 16 heavy (non-hydrogen) atoms. The van der Waals surface area contributed by atoms with Crippen LogP contribution < -0.4 is 0 Å². The maximum absolute atomic E-state index is 11.5. The van der Waals surface area contributed by atoms with Gasteiger partial charge in [-0.3, -0.25) is 4.79 Å². The van der Waals surface area contributed by atoms with Crippen molar-refractivity contribution in [2.75, 3.05) is 5.75 Å². The lowest BCUT2D eigenvalue weighted by molar-refractivity contribution is -0.148. The van der Waals surface area contributed by atoms with E-state index in [1.165, 1.54) is 29.8 Å². The van der Waals surface area contributed by atoms with E-state index in [2.05, 4.69) is 0 Å². The molecule has 0 aromatic carbocycles. The molecule has 6 heteroatoms. The summed E-state index contributed by atoms with van der Waals surface area (Å²) in [6.07, 6.45) is 1.52. The zero-order valence-corrected chi connectivity index (χ0v) is 9.44. The normalized spacial score (nSPS) is 24.7. The van der Waals surface area contributed by atoms with E-state index >= 15 is 0 Å². The molecule has 86 valence electrons. The van der Waals surface area contributed by atoms with Crippen molar-refractivity contribution >= 4 is 23.6 Å². The fraction of sp³-hybridized carbons (Fsp3) is 0.400. The molecule has 5 nitrogen and oxygen atoms in total. The van der Waals surface area contributed by atoms with Gasteiger partial charge in [-0.05, 0) is 12.1 Å². The molecular formula is C10H11NO4S. The smallest absolute Gasteiger partial charge is 0.327 e. The Labute approximate surface area is 96.4 Å². The quantitative estimate of drug-likeness (QED) is 0.845. The molecule has 0 radical (unpaired) electrons. The van der Waals surface area contributed by atoms with Gasteiger partial charge in [-0.15, -0.1) is 11.8 Å². The minimum absolute atomic E-state index is 0.251. The number of furan rings is 1. The fourth-order valence-corrected chi connectivity index (χ4v) is 3.15. The van der Waals surface area contributed by atoms with Crippen LogP contribution in [0, 0.1) is 0 Å². The molecule has 0 unspecified atom stereocenters. The summed E-state index contributed by atoms with van der Waals surface area (Å²) >= 11 is 1.40. The van der Waals surface area contributed by atoms with Crippen LogP contribution in [0.2, 0.25) is 0 Å². The Hall–Kier alpha value is -1.43. The maximum atomic E-state index is 11.5. The van der Waals surface area contributed by atoms with Gasteiger partial charge in [-0.1, -0.05) is 0 Å². The summed E-state index contributed by atoms with van der Waals surface area (Å²) in [6.45, 7) is 1.37. The summed E-state index contributed by atoms with van der Waals surface area (Å²) in [5.41, 5.74) is 0. The minimum atomic E-state index is -0.975. The van der Waals surface area contributed by atoms with E-state index in [0.717, 1.165) is 0 Å². The first-order valence-electron chi connectivity index (χ1n) is 4.78. The molecule has 1 amide bonds. The average molecular weight is 241 g/mol. The number of carbonyl (C=O) groups excluding carboxylic acids is 1. The highest BCUT2D eigenvalue weighted by molar-refractivity contribution is 7.99. The molecule has 0 spiro atoms. The van der Waals surface area contributed by atoms with E-state index in [-0.39, 0.29) is 11.3 Å². The van der Waals surface area contributed by atoms with Gasteiger partial charge in [-0.25, -0.2) is 4.79 Å². The number of carboxylic acid groups (broad SMARTS) is 1. The lowest BCUT2D eigenvalue weighted by Crippen LogP contribution is -2.41. The monoisotopic (exact) mass is 241 g/mol. The highest BCUT2D eigenvalue weighted by Gasteiger charge is 2.42. The van der Waals surface area contributed by atoms with Crippen molar-refractivity contribution in [1.82, 2.24) is 4.90 Å². The van der Waals surface area contributed by atoms with Gasteiger partial charge in [0.2, 0.25) is 5.91 Å². The third kappa shape index (κ3) is 1.80. The molecule has 2 atom stereocenters. The topological polar surface area (TPSA) is 70.8 Å². The molecule has 1 aromatic rings. The standard InChI is InChI=1S/C10H11NO4S/c1-6(12)11-7(10(13)14)5-16-9(11)8-3-2-4-15-8/h2-4,7,9H,5H2,1H3,(H,13,14)/t7-,9-/m1/s1. The molecule has 2 rings (SSSR count). The molecular weight excluding hydrogens is 230 g/mol. The summed E-state index contributed by atoms with van der Waals surface area (Å²) < 4.78 is 5.22. The van der Waals surface area contributed by atoms with Gasteiger partial charge < -0.3 is 14.4 Å². The maximum Gasteiger partial charge on any atom is 0.327 e. The second kappa shape index (κ2) is 4.21. The number of nitrogens with zero attached hydrogens (tertiary/aromatic N) is 1. The van der Waals surface area contributed by atoms with Crippen LogP contribution in [-0.4, -0.2) is 33.7 Å². The third-order valence-corrected chi connectivity index (χ3v) is 3.72. The first-order chi connectivity index (χ1) is 7.61. The molecule has 0 aliphatic carbocycles. The number of aliphatic carboxylic acids is 1. The molecule has 0 bridgehead atoms. The van der Waals surface area contributed by atoms with Crippen molar-refractivity contribution in [3.05, 3.63) is 24.2 Å². The van der Waals surface area contributed by atoms with E-state index in [0.29, 0.717) is 11.5 Å². The van der Waals surface area contributed by atoms with Gasteiger partial charge in [0.1, 0.15) is 17.2 Å². The Balaban J connectivity index is 2.28. The number of carboxylic acids is 1. The van der Waals surface area contributed by atoms with Crippen molar-refractivity contribution < 1.29 is 19.1 Å². The molecule has 2 heterocycles. The highest BCUT2D eigenvalue weighted by Crippen LogP contribution is 2.41. The van der Waals surface area contributed by atoms with Gasteiger partial charge in [0.05, 0.1) is 6.26 Å². The molecule has 1 saturated heterocycles. The molecule has 1 aliphatic heterocycles. The van der Waals surface area contributed by atoms with Crippen molar-refractivity contribution in [2.45, 2.75) is 18.3 Å². The fourth-order valence-electron chi connectivity index (χ4n) is 1.73. The zero-order valence-electron chi connectivity index (χ0n) is 8.62. The van der Waals surface area contributed by atoms with Gasteiger partial charge in [0, 0.05) is 12.7 Å². The SMILES string of the molecule is CC(=O)N1[C@@H](C(=O)O)CS[C@@H]1c1ccco1. The largest absolute Gasteiger partial charge is 0.480 e. The Morgan fingerprint density at radius 2 is 2.38 bits per heavy atom. The molecule has 0 saturated carbocycles. The number of hydrogen-bond acceptors (Lipinski definition) is 4. The summed E-state index contributed by atoms with van der Waals surface area (Å²) in [5, 5.41) is 8.68. The summed E-state index contributed by atoms with van der Waals surface area (Å²) in [6, 6.07) is 2.71. The minimum Gasteiger partial charge on any atom is -0.480 e. The number of amides is 1. The third-order valence-electron chi connectivity index (χ3n) is 2.44. The Bertz CT molecular complexity index is 403. The average Bonchev–Trinajstić information content (AvgIpc) is 2.85. The van der Waals surface area contributed by atoms with E-state index < -0.39 is 12.0 Å². The second-order valence-electron chi connectivity index (χ2n) is 3.48. The summed E-state index contributed by atoms with van der Waals surface area (Å²) in [7, 11) is 0. The van der Waals surface area contributed by atoms with E-state index in [1.807, 2.05) is 0 Å². The predicted molar refractivity (Wildman–Crippen MR) is 57.9 cm³/mol. The number of carbonyl (C=O) groups is 2. The first-order valence-corrected chi connectivity index (χ1v) is 5.83. The lowest BCUT2D eigenvalue weighted by Gasteiger charge is -2.24. The molecule has 1 fully saturated rings. The van der Waals surface area contributed by atoms with Crippen LogP contribution in [0.15, 0.2) is 22.8 Å². The van der Waals surface area contributed by atoms with Crippen LogP contribution in [0.1, 0.15) is 18.1 Å². The molecule has 1 N–H and O–H groups in total. The summed E-state index contributed by atoms with van der Waals surface area (Å²) in [4.78, 5) is 23.8. The summed E-state index contributed by atoms with van der Waals surface area (Å²) in [5.74, 6) is -0.222. The van der Waals surface area contributed by atoms with E-state index in [4.69, 9.17) is 9.52 Å². The van der Waals surface area contributed by atoms with Crippen LogP contribution in [0.4, 0.5) is 0 Å². The number of hydrogen-bond donors (Lipinski definition) is 1. The van der Waals surface area contributed by atoms with Crippen LogP contribution in [0.3, 0.4) is 0 Å². The van der Waals surface area contributed by atoms with Crippen LogP contribution in [0.5, 0.6) is 0 Å². The van der Waals surface area contributed by atoms with Gasteiger partial charge >= 0.3 is 5.97 Å². The van der Waals surface area contributed by atoms with Gasteiger partial charge in [0.15, 0.2) is 0 Å². The lowest BCUT2D eigenvalue weighted by atomic mass is 10.2. The number of thioether (sulfide) groups is 1. The van der Waals surface area contributed by atoms with Crippen LogP contribution >= 0.6 is 11.8 Å². The molecule has 1 aromatic heterocycles. The Morgan fingerprint density at radius 1 is 1.62 bits per heavy atom. The Kier molecular flexibility index (Phi) is 2.91.